The van der Waals surface area contributed by atoms with E-state index in [2.05, 4.69) is 0 Å². The highest BCUT2D eigenvalue weighted by Crippen LogP contribution is 2.34. The number of fused-ring (bicyclic) bond motifs is 1. The maximum atomic E-state index is 14.7. The lowest BCUT2D eigenvalue weighted by atomic mass is 9.82. The highest BCUT2D eigenvalue weighted by atomic mass is 19.1. The normalized spacial score (nSPS) is 22.4. The Hall–Kier alpha value is -2.11. The van der Waals surface area contributed by atoms with Crippen LogP contribution in [0.5, 0.6) is 5.75 Å². The highest BCUT2D eigenvalue weighted by Gasteiger charge is 2.35. The molecule has 0 unspecified atom stereocenters. The van der Waals surface area contributed by atoms with Crippen molar-refractivity contribution in [1.29, 1.82) is 0 Å². The van der Waals surface area contributed by atoms with Crippen LogP contribution in [0.25, 0.3) is 0 Å². The number of halogens is 1. The maximum absolute atomic E-state index is 14.7. The molecule has 0 aromatic heterocycles. The molecule has 1 aromatic carbocycles. The van der Waals surface area contributed by atoms with Gasteiger partial charge < -0.3 is 14.7 Å². The fraction of sp³-hybridized carbons (Fsp3) is 0.600. The molecule has 1 aliphatic heterocycles. The predicted molar refractivity (Wildman–Crippen MR) is 94.6 cm³/mol. The first-order valence-electron chi connectivity index (χ1n) is 9.47. The van der Waals surface area contributed by atoms with E-state index in [4.69, 9.17) is 9.84 Å². The summed E-state index contributed by atoms with van der Waals surface area (Å²) in [5.41, 5.74) is 0.841. The van der Waals surface area contributed by atoms with E-state index in [1.165, 1.54) is 0 Å². The van der Waals surface area contributed by atoms with Crippen molar-refractivity contribution in [2.75, 3.05) is 13.2 Å². The molecule has 1 heterocycles. The molecule has 142 valence electrons. The Labute approximate surface area is 153 Å². The molecule has 3 rings (SSSR count). The van der Waals surface area contributed by atoms with Crippen LogP contribution >= 0.6 is 0 Å². The van der Waals surface area contributed by atoms with Gasteiger partial charge in [-0.05, 0) is 49.7 Å². The quantitative estimate of drug-likeness (QED) is 0.747. The van der Waals surface area contributed by atoms with Gasteiger partial charge in [-0.1, -0.05) is 19.4 Å². The van der Waals surface area contributed by atoms with E-state index in [0.717, 1.165) is 25.7 Å². The van der Waals surface area contributed by atoms with Gasteiger partial charge in [0, 0.05) is 13.1 Å². The van der Waals surface area contributed by atoms with Gasteiger partial charge in [0.2, 0.25) is 0 Å². The third-order valence-corrected chi connectivity index (χ3v) is 5.49. The van der Waals surface area contributed by atoms with E-state index < -0.39 is 11.8 Å². The fourth-order valence-electron chi connectivity index (χ4n) is 3.88. The largest absolute Gasteiger partial charge is 0.490 e. The predicted octanol–water partition coefficient (Wildman–Crippen LogP) is 3.85. The Morgan fingerprint density at radius 2 is 2.04 bits per heavy atom. The topological polar surface area (TPSA) is 66.8 Å². The summed E-state index contributed by atoms with van der Waals surface area (Å²) in [5.74, 6) is -1.40. The molecule has 1 N–H and O–H groups in total. The maximum Gasteiger partial charge on any atom is 0.306 e. The van der Waals surface area contributed by atoms with E-state index >= 15 is 0 Å². The van der Waals surface area contributed by atoms with Gasteiger partial charge in [-0.25, -0.2) is 4.39 Å². The number of hydrogen-bond acceptors (Lipinski definition) is 3. The third kappa shape index (κ3) is 3.84. The number of rotatable bonds is 7. The Balaban J connectivity index is 1.63. The van der Waals surface area contributed by atoms with Crippen LogP contribution in [0.2, 0.25) is 0 Å². The number of carboxylic acid groups (broad SMARTS) is 1. The number of nitrogens with zero attached hydrogens (tertiary/aromatic N) is 1. The molecule has 1 fully saturated rings. The number of aliphatic carboxylic acids is 1. The molecule has 0 saturated heterocycles. The molecule has 1 aromatic rings. The molecule has 1 aliphatic carbocycles. The molecule has 6 heteroatoms. The molecular weight excluding hydrogens is 337 g/mol. The van der Waals surface area contributed by atoms with Gasteiger partial charge in [0.25, 0.3) is 5.91 Å². The number of benzene rings is 1. The number of hydrogen-bond donors (Lipinski definition) is 1. The zero-order valence-corrected chi connectivity index (χ0v) is 15.2. The molecule has 0 atom stereocenters. The smallest absolute Gasteiger partial charge is 0.306 e. The van der Waals surface area contributed by atoms with Crippen molar-refractivity contribution in [2.24, 2.45) is 11.8 Å². The Morgan fingerprint density at radius 3 is 2.69 bits per heavy atom. The van der Waals surface area contributed by atoms with Gasteiger partial charge in [0.1, 0.15) is 0 Å². The number of carbonyl (C=O) groups excluding carboxylic acids is 1. The van der Waals surface area contributed by atoms with Gasteiger partial charge in [0.05, 0.1) is 18.1 Å². The number of ether oxygens (including phenoxy) is 1. The SMILES string of the molecule is CCCCOc1ccc2c(c1F)C(=O)N(CC1CCC(C(=O)O)CC1)C2. The second-order valence-corrected chi connectivity index (χ2v) is 7.36. The minimum Gasteiger partial charge on any atom is -0.490 e. The van der Waals surface area contributed by atoms with Crippen LogP contribution in [0.15, 0.2) is 12.1 Å². The van der Waals surface area contributed by atoms with Crippen molar-refractivity contribution in [3.05, 3.63) is 29.1 Å². The summed E-state index contributed by atoms with van der Waals surface area (Å²) in [6, 6.07) is 3.39. The Kier molecular flexibility index (Phi) is 5.79. The zero-order valence-electron chi connectivity index (χ0n) is 15.2. The van der Waals surface area contributed by atoms with Gasteiger partial charge in [-0.2, -0.15) is 0 Å². The summed E-state index contributed by atoms with van der Waals surface area (Å²) in [6.07, 6.45) is 4.70. The van der Waals surface area contributed by atoms with Crippen LogP contribution in [0.4, 0.5) is 4.39 Å². The minimum absolute atomic E-state index is 0.137. The van der Waals surface area contributed by atoms with Gasteiger partial charge >= 0.3 is 5.97 Å². The molecule has 0 bridgehead atoms. The van der Waals surface area contributed by atoms with Gasteiger partial charge in [-0.3, -0.25) is 9.59 Å². The molecule has 1 amide bonds. The van der Waals surface area contributed by atoms with Crippen molar-refractivity contribution in [3.63, 3.8) is 0 Å². The molecule has 26 heavy (non-hydrogen) atoms. The molecule has 5 nitrogen and oxygen atoms in total. The summed E-state index contributed by atoms with van der Waals surface area (Å²) in [6.45, 7) is 3.45. The summed E-state index contributed by atoms with van der Waals surface area (Å²) < 4.78 is 20.2. The summed E-state index contributed by atoms with van der Waals surface area (Å²) in [4.78, 5) is 25.4. The van der Waals surface area contributed by atoms with E-state index in [0.29, 0.717) is 38.1 Å². The lowest BCUT2D eigenvalue weighted by Gasteiger charge is -2.29. The van der Waals surface area contributed by atoms with Crippen LogP contribution in [0.3, 0.4) is 0 Å². The Morgan fingerprint density at radius 1 is 1.31 bits per heavy atom. The molecule has 0 spiro atoms. The van der Waals surface area contributed by atoms with Crippen LogP contribution in [0.1, 0.15) is 61.4 Å². The monoisotopic (exact) mass is 363 g/mol. The standard InChI is InChI=1S/C20H26FNO4/c1-2-3-10-26-16-9-8-15-12-22(19(23)17(15)18(16)21)11-13-4-6-14(7-5-13)20(24)25/h8-9,13-14H,2-7,10-12H2,1H3,(H,24,25). The van der Waals surface area contributed by atoms with E-state index in [-0.39, 0.29) is 29.1 Å². The van der Waals surface area contributed by atoms with E-state index in [1.54, 1.807) is 17.0 Å². The lowest BCUT2D eigenvalue weighted by Crippen LogP contribution is -2.33. The van der Waals surface area contributed by atoms with Gasteiger partial charge in [0.15, 0.2) is 11.6 Å². The summed E-state index contributed by atoms with van der Waals surface area (Å²) in [7, 11) is 0. The van der Waals surface area contributed by atoms with Crippen LogP contribution < -0.4 is 4.74 Å². The molecular formula is C20H26FNO4. The van der Waals surface area contributed by atoms with Crippen molar-refractivity contribution >= 4 is 11.9 Å². The first kappa shape index (κ1) is 18.7. The minimum atomic E-state index is -0.731. The summed E-state index contributed by atoms with van der Waals surface area (Å²) >= 11 is 0. The van der Waals surface area contributed by atoms with Crippen molar-refractivity contribution in [1.82, 2.24) is 4.90 Å². The van der Waals surface area contributed by atoms with Crippen molar-refractivity contribution in [2.45, 2.75) is 52.0 Å². The van der Waals surface area contributed by atoms with Crippen molar-refractivity contribution in [3.8, 4) is 5.75 Å². The average molecular weight is 363 g/mol. The van der Waals surface area contributed by atoms with Gasteiger partial charge in [-0.15, -0.1) is 0 Å². The lowest BCUT2D eigenvalue weighted by molar-refractivity contribution is -0.143. The molecule has 0 radical (unpaired) electrons. The van der Waals surface area contributed by atoms with E-state index in [1.807, 2.05) is 6.92 Å². The van der Waals surface area contributed by atoms with Crippen molar-refractivity contribution < 1.29 is 23.8 Å². The van der Waals surface area contributed by atoms with Crippen LogP contribution in [-0.4, -0.2) is 35.0 Å². The summed E-state index contributed by atoms with van der Waals surface area (Å²) in [5, 5.41) is 9.08. The Bertz CT molecular complexity index is 683. The third-order valence-electron chi connectivity index (χ3n) is 5.49. The average Bonchev–Trinajstić information content (AvgIpc) is 2.94. The molecule has 1 saturated carbocycles. The number of carbonyl (C=O) groups is 2. The fourth-order valence-corrected chi connectivity index (χ4v) is 3.88. The van der Waals surface area contributed by atoms with E-state index in [9.17, 15) is 14.0 Å². The van der Waals surface area contributed by atoms with Crippen LogP contribution in [0, 0.1) is 17.7 Å². The van der Waals surface area contributed by atoms with Crippen LogP contribution in [-0.2, 0) is 11.3 Å². The highest BCUT2D eigenvalue weighted by molar-refractivity contribution is 5.99. The number of unbranched alkanes of at least 4 members (excludes halogenated alkanes) is 1. The second-order valence-electron chi connectivity index (χ2n) is 7.36. The first-order chi connectivity index (χ1) is 12.5. The zero-order chi connectivity index (χ0) is 18.7. The second kappa shape index (κ2) is 8.06. The number of carboxylic acids is 1. The number of amides is 1. The molecule has 2 aliphatic rings. The first-order valence-corrected chi connectivity index (χ1v) is 9.47.